The normalized spacial score (nSPS) is 29.2. The summed E-state index contributed by atoms with van der Waals surface area (Å²) in [6.45, 7) is 6.68. The first-order valence-corrected chi connectivity index (χ1v) is 7.59. The van der Waals surface area contributed by atoms with E-state index in [2.05, 4.69) is 18.7 Å². The molecule has 2 rings (SSSR count). The molecule has 1 saturated heterocycles. The molecule has 0 radical (unpaired) electrons. The van der Waals surface area contributed by atoms with Crippen molar-refractivity contribution in [2.45, 2.75) is 64.8 Å². The number of hydrogen-bond donors (Lipinski definition) is 2. The summed E-state index contributed by atoms with van der Waals surface area (Å²) < 4.78 is 0. The van der Waals surface area contributed by atoms with Gasteiger partial charge in [0.05, 0.1) is 5.84 Å². The van der Waals surface area contributed by atoms with Gasteiger partial charge in [-0.05, 0) is 51.1 Å². The van der Waals surface area contributed by atoms with Crippen molar-refractivity contribution in [2.75, 3.05) is 13.1 Å². The van der Waals surface area contributed by atoms with Crippen LogP contribution in [0.2, 0.25) is 0 Å². The largest absolute Gasteiger partial charge is 0.387 e. The Morgan fingerprint density at radius 2 is 2.00 bits per heavy atom. The minimum absolute atomic E-state index is 0.119. The maximum Gasteiger partial charge on any atom is 0.0963 e. The number of nitrogens with one attached hydrogen (secondary N) is 1. The molecule has 1 saturated carbocycles. The van der Waals surface area contributed by atoms with E-state index in [1.165, 1.54) is 51.6 Å². The summed E-state index contributed by atoms with van der Waals surface area (Å²) in [6.07, 6.45) is 9.39. The average molecular weight is 251 g/mol. The molecular formula is C15H29N3. The first-order valence-electron chi connectivity index (χ1n) is 7.59. The second-order valence-electron chi connectivity index (χ2n) is 6.84. The Balaban J connectivity index is 1.76. The lowest BCUT2D eigenvalue weighted by molar-refractivity contribution is 0.176. The Morgan fingerprint density at radius 3 is 2.72 bits per heavy atom. The van der Waals surface area contributed by atoms with Gasteiger partial charge in [-0.2, -0.15) is 0 Å². The van der Waals surface area contributed by atoms with Crippen LogP contribution in [0.4, 0.5) is 0 Å². The van der Waals surface area contributed by atoms with Crippen LogP contribution in [0.15, 0.2) is 0 Å². The third kappa shape index (κ3) is 3.05. The summed E-state index contributed by atoms with van der Waals surface area (Å²) in [5, 5.41) is 7.60. The summed E-state index contributed by atoms with van der Waals surface area (Å²) >= 11 is 0. The van der Waals surface area contributed by atoms with Crippen LogP contribution in [0.1, 0.15) is 58.8 Å². The van der Waals surface area contributed by atoms with Gasteiger partial charge < -0.3 is 10.6 Å². The molecule has 0 spiro atoms. The number of nitrogens with two attached hydrogens (primary N) is 1. The van der Waals surface area contributed by atoms with Crippen molar-refractivity contribution in [1.82, 2.24) is 4.90 Å². The van der Waals surface area contributed by atoms with Gasteiger partial charge in [0.1, 0.15) is 0 Å². The molecule has 1 aliphatic heterocycles. The van der Waals surface area contributed by atoms with Gasteiger partial charge in [-0.3, -0.25) is 5.41 Å². The highest BCUT2D eigenvalue weighted by molar-refractivity contribution is 5.82. The van der Waals surface area contributed by atoms with E-state index in [1.807, 2.05) is 0 Å². The van der Waals surface area contributed by atoms with Crippen molar-refractivity contribution >= 4 is 5.84 Å². The molecule has 0 bridgehead atoms. The Kier molecular flexibility index (Phi) is 4.31. The Bertz CT molecular complexity index is 298. The second kappa shape index (κ2) is 5.60. The Hall–Kier alpha value is -0.570. The van der Waals surface area contributed by atoms with Gasteiger partial charge in [-0.25, -0.2) is 0 Å². The predicted octanol–water partition coefficient (Wildman–Crippen LogP) is 2.99. The number of hydrogen-bond acceptors (Lipinski definition) is 2. The topological polar surface area (TPSA) is 53.1 Å². The molecule has 0 amide bonds. The van der Waals surface area contributed by atoms with Crippen molar-refractivity contribution in [3.63, 3.8) is 0 Å². The highest BCUT2D eigenvalue weighted by Crippen LogP contribution is 2.36. The highest BCUT2D eigenvalue weighted by Gasteiger charge is 2.35. The summed E-state index contributed by atoms with van der Waals surface area (Å²) in [5.74, 6) is 1.32. The molecular weight excluding hydrogens is 222 g/mol. The third-order valence-electron chi connectivity index (χ3n) is 5.10. The van der Waals surface area contributed by atoms with Crippen molar-refractivity contribution in [3.05, 3.63) is 0 Å². The van der Waals surface area contributed by atoms with E-state index in [4.69, 9.17) is 11.1 Å². The average Bonchev–Trinajstić information content (AvgIpc) is 2.72. The lowest BCUT2D eigenvalue weighted by Crippen LogP contribution is -2.36. The van der Waals surface area contributed by atoms with Gasteiger partial charge in [-0.1, -0.05) is 26.7 Å². The molecule has 18 heavy (non-hydrogen) atoms. The van der Waals surface area contributed by atoms with Crippen LogP contribution in [0.3, 0.4) is 0 Å². The molecule has 2 unspecified atom stereocenters. The first kappa shape index (κ1) is 13.9. The zero-order valence-electron chi connectivity index (χ0n) is 12.0. The number of likely N-dealkylation sites (tertiary alicyclic amines) is 1. The monoisotopic (exact) mass is 251 g/mol. The minimum Gasteiger partial charge on any atom is -0.387 e. The van der Waals surface area contributed by atoms with E-state index < -0.39 is 0 Å². The van der Waals surface area contributed by atoms with Gasteiger partial charge in [0.25, 0.3) is 0 Å². The smallest absolute Gasteiger partial charge is 0.0963 e. The summed E-state index contributed by atoms with van der Waals surface area (Å²) in [6, 6.07) is 0.874. The highest BCUT2D eigenvalue weighted by atomic mass is 15.2. The first-order chi connectivity index (χ1) is 8.50. The van der Waals surface area contributed by atoms with Crippen molar-refractivity contribution in [2.24, 2.45) is 17.1 Å². The molecule has 3 heteroatoms. The Labute approximate surface area is 112 Å². The number of rotatable bonds is 5. The molecule has 2 fully saturated rings. The van der Waals surface area contributed by atoms with Crippen molar-refractivity contribution in [1.29, 1.82) is 5.41 Å². The SMILES string of the molecule is CC(C)(CCCN1CCC2CCCCC21)C(=N)N. The maximum atomic E-state index is 7.60. The fourth-order valence-electron chi connectivity index (χ4n) is 3.64. The lowest BCUT2D eigenvalue weighted by atomic mass is 9.84. The van der Waals surface area contributed by atoms with E-state index in [0.717, 1.165) is 18.4 Å². The fourth-order valence-corrected chi connectivity index (χ4v) is 3.64. The molecule has 1 heterocycles. The molecule has 0 aromatic carbocycles. The maximum absolute atomic E-state index is 7.60. The molecule has 3 N–H and O–H groups in total. The van der Waals surface area contributed by atoms with Crippen LogP contribution in [0.25, 0.3) is 0 Å². The van der Waals surface area contributed by atoms with Gasteiger partial charge in [0.15, 0.2) is 0 Å². The van der Waals surface area contributed by atoms with E-state index in [1.54, 1.807) is 0 Å². The number of nitrogens with zero attached hydrogens (tertiary/aromatic N) is 1. The third-order valence-corrected chi connectivity index (χ3v) is 5.10. The molecule has 2 atom stereocenters. The fraction of sp³-hybridized carbons (Fsp3) is 0.933. The van der Waals surface area contributed by atoms with Crippen LogP contribution in [0, 0.1) is 16.7 Å². The summed E-state index contributed by atoms with van der Waals surface area (Å²) in [4.78, 5) is 2.71. The van der Waals surface area contributed by atoms with Crippen molar-refractivity contribution in [3.8, 4) is 0 Å². The van der Waals surface area contributed by atoms with E-state index in [-0.39, 0.29) is 5.41 Å². The molecule has 3 nitrogen and oxygen atoms in total. The Morgan fingerprint density at radius 1 is 1.28 bits per heavy atom. The quantitative estimate of drug-likeness (QED) is 0.583. The molecule has 2 aliphatic rings. The zero-order valence-corrected chi connectivity index (χ0v) is 12.0. The van der Waals surface area contributed by atoms with E-state index in [0.29, 0.717) is 5.84 Å². The molecule has 0 aromatic heterocycles. The van der Waals surface area contributed by atoms with Crippen LogP contribution in [-0.2, 0) is 0 Å². The van der Waals surface area contributed by atoms with Gasteiger partial charge in [0.2, 0.25) is 0 Å². The molecule has 104 valence electrons. The van der Waals surface area contributed by atoms with Crippen LogP contribution >= 0.6 is 0 Å². The summed E-state index contributed by atoms with van der Waals surface area (Å²) in [7, 11) is 0. The number of amidine groups is 1. The van der Waals surface area contributed by atoms with E-state index in [9.17, 15) is 0 Å². The van der Waals surface area contributed by atoms with Crippen LogP contribution in [0.5, 0.6) is 0 Å². The molecule has 0 aromatic rings. The second-order valence-corrected chi connectivity index (χ2v) is 6.84. The van der Waals surface area contributed by atoms with Gasteiger partial charge in [0, 0.05) is 11.5 Å². The zero-order chi connectivity index (χ0) is 13.2. The van der Waals surface area contributed by atoms with Gasteiger partial charge in [-0.15, -0.1) is 0 Å². The molecule has 1 aliphatic carbocycles. The van der Waals surface area contributed by atoms with E-state index >= 15 is 0 Å². The van der Waals surface area contributed by atoms with Gasteiger partial charge >= 0.3 is 0 Å². The number of fused-ring (bicyclic) bond motifs is 1. The minimum atomic E-state index is -0.119. The van der Waals surface area contributed by atoms with Crippen LogP contribution in [-0.4, -0.2) is 29.9 Å². The predicted molar refractivity (Wildman–Crippen MR) is 76.9 cm³/mol. The van der Waals surface area contributed by atoms with Crippen molar-refractivity contribution < 1.29 is 0 Å². The lowest BCUT2D eigenvalue weighted by Gasteiger charge is -2.32. The summed E-state index contributed by atoms with van der Waals surface area (Å²) in [5.41, 5.74) is 5.52. The standard InChI is InChI=1S/C15H29N3/c1-15(2,14(16)17)9-5-10-18-11-8-12-6-3-4-7-13(12)18/h12-13H,3-11H2,1-2H3,(H3,16,17). The van der Waals surface area contributed by atoms with Crippen LogP contribution < -0.4 is 5.73 Å².